The van der Waals surface area contributed by atoms with E-state index in [1.165, 1.54) is 37.8 Å². The number of nitrogens with zero attached hydrogens (tertiary/aromatic N) is 1. The molecule has 114 valence electrons. The molecule has 20 heavy (non-hydrogen) atoms. The van der Waals surface area contributed by atoms with Gasteiger partial charge in [0.1, 0.15) is 6.73 Å². The second-order valence-electron chi connectivity index (χ2n) is 7.24. The molecule has 0 radical (unpaired) electrons. The molecule has 1 saturated carbocycles. The number of rotatable bonds is 6. The molecule has 0 atom stereocenters. The summed E-state index contributed by atoms with van der Waals surface area (Å²) in [5.41, 5.74) is 1.58. The van der Waals surface area contributed by atoms with Gasteiger partial charge in [0.15, 0.2) is 0 Å². The highest BCUT2D eigenvalue weighted by Crippen LogP contribution is 2.22. The normalized spacial score (nSPS) is 17.4. The summed E-state index contributed by atoms with van der Waals surface area (Å²) in [5.74, 6) is 0. The second kappa shape index (κ2) is 7.16. The molecule has 1 aromatic heterocycles. The van der Waals surface area contributed by atoms with E-state index in [0.717, 1.165) is 13.0 Å². The van der Waals surface area contributed by atoms with Crippen LogP contribution < -0.4 is 5.32 Å². The van der Waals surface area contributed by atoms with Gasteiger partial charge < -0.3 is 14.6 Å². The predicted molar refractivity (Wildman–Crippen MR) is 85.0 cm³/mol. The molecule has 0 spiro atoms. The van der Waals surface area contributed by atoms with Crippen LogP contribution in [0.3, 0.4) is 0 Å². The molecule has 0 bridgehead atoms. The fourth-order valence-electron chi connectivity index (χ4n) is 2.64. The summed E-state index contributed by atoms with van der Waals surface area (Å²) in [4.78, 5) is 0. The molecule has 0 aromatic carbocycles. The molecular weight excluding hydrogens is 248 g/mol. The number of hydrogen-bond donors (Lipinski definition) is 1. The van der Waals surface area contributed by atoms with Crippen LogP contribution in [0.2, 0.25) is 0 Å². The molecule has 1 aliphatic rings. The molecule has 0 unspecified atom stereocenters. The topological polar surface area (TPSA) is 26.2 Å². The lowest BCUT2D eigenvalue weighted by atomic mass is 9.93. The number of hydrogen-bond acceptors (Lipinski definition) is 2. The van der Waals surface area contributed by atoms with Crippen LogP contribution in [-0.2, 0) is 11.5 Å². The Labute approximate surface area is 123 Å². The quantitative estimate of drug-likeness (QED) is 0.767. The maximum atomic E-state index is 5.73. The van der Waals surface area contributed by atoms with Crippen LogP contribution in [0.5, 0.6) is 0 Å². The summed E-state index contributed by atoms with van der Waals surface area (Å²) >= 11 is 0. The van der Waals surface area contributed by atoms with E-state index in [1.807, 2.05) is 0 Å². The number of nitrogens with one attached hydrogen (secondary N) is 1. The molecule has 0 aliphatic heterocycles. The Balaban J connectivity index is 1.69. The summed E-state index contributed by atoms with van der Waals surface area (Å²) in [7, 11) is 0. The Morgan fingerprint density at radius 2 is 2.00 bits per heavy atom. The molecule has 3 nitrogen and oxygen atoms in total. The molecule has 3 heteroatoms. The van der Waals surface area contributed by atoms with Gasteiger partial charge in [0, 0.05) is 25.0 Å². The van der Waals surface area contributed by atoms with Crippen molar-refractivity contribution in [2.75, 3.05) is 11.9 Å². The van der Waals surface area contributed by atoms with Crippen molar-refractivity contribution in [3.05, 3.63) is 18.5 Å². The zero-order valence-corrected chi connectivity index (χ0v) is 13.3. The maximum Gasteiger partial charge on any atom is 0.122 e. The van der Waals surface area contributed by atoms with E-state index in [1.54, 1.807) is 0 Å². The first-order valence-corrected chi connectivity index (χ1v) is 8.03. The average Bonchev–Trinajstić information content (AvgIpc) is 2.82. The van der Waals surface area contributed by atoms with Crippen molar-refractivity contribution < 1.29 is 4.74 Å². The van der Waals surface area contributed by atoms with Gasteiger partial charge >= 0.3 is 0 Å². The van der Waals surface area contributed by atoms with Crippen LogP contribution >= 0.6 is 0 Å². The zero-order valence-electron chi connectivity index (χ0n) is 13.3. The monoisotopic (exact) mass is 278 g/mol. The van der Waals surface area contributed by atoms with Crippen LogP contribution in [-0.4, -0.2) is 17.2 Å². The van der Waals surface area contributed by atoms with E-state index >= 15 is 0 Å². The molecule has 1 aromatic rings. The maximum absolute atomic E-state index is 5.73. The number of aromatic nitrogens is 1. The lowest BCUT2D eigenvalue weighted by Crippen LogP contribution is -2.21. The van der Waals surface area contributed by atoms with Gasteiger partial charge in [-0.2, -0.15) is 0 Å². The van der Waals surface area contributed by atoms with E-state index in [9.17, 15) is 0 Å². The number of ether oxygens (including phenoxy) is 1. The Kier molecular flexibility index (Phi) is 5.53. The second-order valence-corrected chi connectivity index (χ2v) is 7.24. The molecular formula is C17H30N2O. The summed E-state index contributed by atoms with van der Waals surface area (Å²) in [6, 6.07) is 2.82. The van der Waals surface area contributed by atoms with Crippen molar-refractivity contribution in [3.63, 3.8) is 0 Å². The third-order valence-electron chi connectivity index (χ3n) is 3.96. The van der Waals surface area contributed by atoms with Crippen molar-refractivity contribution in [2.24, 2.45) is 5.41 Å². The smallest absolute Gasteiger partial charge is 0.122 e. The van der Waals surface area contributed by atoms with E-state index in [4.69, 9.17) is 4.74 Å². The fraction of sp³-hybridized carbons (Fsp3) is 0.765. The van der Waals surface area contributed by atoms with Crippen LogP contribution in [0.25, 0.3) is 0 Å². The minimum atomic E-state index is 0.352. The summed E-state index contributed by atoms with van der Waals surface area (Å²) in [5, 5.41) is 3.64. The first kappa shape index (κ1) is 15.4. The number of anilines is 1. The fourth-order valence-corrected chi connectivity index (χ4v) is 2.64. The van der Waals surface area contributed by atoms with E-state index in [-0.39, 0.29) is 0 Å². The molecule has 1 fully saturated rings. The third kappa shape index (κ3) is 5.58. The van der Waals surface area contributed by atoms with Crippen molar-refractivity contribution in [1.29, 1.82) is 0 Å². The van der Waals surface area contributed by atoms with Gasteiger partial charge in [0.05, 0.1) is 5.69 Å². The van der Waals surface area contributed by atoms with Crippen LogP contribution in [0.15, 0.2) is 18.5 Å². The van der Waals surface area contributed by atoms with Crippen molar-refractivity contribution in [2.45, 2.75) is 72.1 Å². The van der Waals surface area contributed by atoms with Crippen LogP contribution in [0.1, 0.15) is 59.3 Å². The molecule has 1 heterocycles. The highest BCUT2D eigenvalue weighted by atomic mass is 16.5. The lowest BCUT2D eigenvalue weighted by Gasteiger charge is -2.23. The van der Waals surface area contributed by atoms with Gasteiger partial charge in [-0.1, -0.05) is 40.0 Å². The highest BCUT2D eigenvalue weighted by molar-refractivity contribution is 5.42. The minimum absolute atomic E-state index is 0.352. The first-order chi connectivity index (χ1) is 9.53. The van der Waals surface area contributed by atoms with Gasteiger partial charge in [0.2, 0.25) is 0 Å². The molecule has 2 rings (SSSR count). The minimum Gasteiger partial charge on any atom is -0.381 e. The molecule has 0 amide bonds. The average molecular weight is 278 g/mol. The summed E-state index contributed by atoms with van der Waals surface area (Å²) in [6.07, 6.45) is 12.1. The van der Waals surface area contributed by atoms with Gasteiger partial charge in [-0.3, -0.25) is 0 Å². The standard InChI is InChI=1S/C17H30N2O/c1-17(2,3)10-12-20-14-19-11-9-16(13-19)18-15-7-5-4-6-8-15/h9,11,13,15,18H,4-8,10,12,14H2,1-3H3. The Morgan fingerprint density at radius 3 is 2.70 bits per heavy atom. The Hall–Kier alpha value is -0.960. The Bertz CT molecular complexity index is 386. The SMILES string of the molecule is CC(C)(C)CCOCn1ccc(NC2CCCCC2)c1. The first-order valence-electron chi connectivity index (χ1n) is 8.03. The van der Waals surface area contributed by atoms with Gasteiger partial charge in [-0.05, 0) is 30.7 Å². The zero-order chi connectivity index (χ0) is 14.4. The molecule has 0 saturated heterocycles. The Morgan fingerprint density at radius 1 is 1.25 bits per heavy atom. The molecule has 1 N–H and O–H groups in total. The predicted octanol–water partition coefficient (Wildman–Crippen LogP) is 4.64. The molecule has 1 aliphatic carbocycles. The van der Waals surface area contributed by atoms with Crippen molar-refractivity contribution in [1.82, 2.24) is 4.57 Å². The van der Waals surface area contributed by atoms with Gasteiger partial charge in [-0.15, -0.1) is 0 Å². The van der Waals surface area contributed by atoms with Crippen LogP contribution in [0, 0.1) is 5.41 Å². The van der Waals surface area contributed by atoms with E-state index < -0.39 is 0 Å². The van der Waals surface area contributed by atoms with E-state index in [2.05, 4.69) is 49.1 Å². The third-order valence-corrected chi connectivity index (χ3v) is 3.96. The largest absolute Gasteiger partial charge is 0.381 e. The highest BCUT2D eigenvalue weighted by Gasteiger charge is 2.13. The van der Waals surface area contributed by atoms with Crippen LogP contribution in [0.4, 0.5) is 5.69 Å². The van der Waals surface area contributed by atoms with Crippen molar-refractivity contribution in [3.8, 4) is 0 Å². The summed E-state index contributed by atoms with van der Waals surface area (Å²) < 4.78 is 7.85. The van der Waals surface area contributed by atoms with Gasteiger partial charge in [-0.25, -0.2) is 0 Å². The van der Waals surface area contributed by atoms with E-state index in [0.29, 0.717) is 18.2 Å². The lowest BCUT2D eigenvalue weighted by molar-refractivity contribution is 0.0591. The summed E-state index contributed by atoms with van der Waals surface area (Å²) in [6.45, 7) is 8.23. The van der Waals surface area contributed by atoms with Gasteiger partial charge in [0.25, 0.3) is 0 Å². The van der Waals surface area contributed by atoms with Crippen molar-refractivity contribution >= 4 is 5.69 Å².